The standard InChI is InChI=1S/C9H13N5O2S2/c1-6-8(18(10,15)16)17-9(13-6)11-3-7-4-12-14(2)5-7/h4-5H,3H2,1-2H3,(H,11,13)(H2,10,15,16). The van der Waals surface area contributed by atoms with Crippen LogP contribution in [0.2, 0.25) is 0 Å². The minimum Gasteiger partial charge on any atom is -0.357 e. The molecule has 3 N–H and O–H groups in total. The highest BCUT2D eigenvalue weighted by Crippen LogP contribution is 2.26. The van der Waals surface area contributed by atoms with Crippen LogP contribution in [0, 0.1) is 6.92 Å². The van der Waals surface area contributed by atoms with E-state index < -0.39 is 10.0 Å². The third-order valence-electron chi connectivity index (χ3n) is 2.21. The first-order valence-electron chi connectivity index (χ1n) is 5.08. The van der Waals surface area contributed by atoms with E-state index in [2.05, 4.69) is 15.4 Å². The van der Waals surface area contributed by atoms with Crippen molar-refractivity contribution in [2.75, 3.05) is 5.32 Å². The molecule has 98 valence electrons. The number of nitrogens with one attached hydrogen (secondary N) is 1. The van der Waals surface area contributed by atoms with Gasteiger partial charge in [-0.05, 0) is 6.92 Å². The van der Waals surface area contributed by atoms with Gasteiger partial charge in [0.2, 0.25) is 10.0 Å². The van der Waals surface area contributed by atoms with Gasteiger partial charge < -0.3 is 5.32 Å². The van der Waals surface area contributed by atoms with Crippen LogP contribution in [-0.4, -0.2) is 23.2 Å². The number of anilines is 1. The van der Waals surface area contributed by atoms with E-state index in [1.807, 2.05) is 13.2 Å². The molecule has 0 saturated heterocycles. The molecular weight excluding hydrogens is 274 g/mol. The third kappa shape index (κ3) is 2.86. The highest BCUT2D eigenvalue weighted by Gasteiger charge is 2.17. The molecular formula is C9H13N5O2S2. The molecule has 0 unspecified atom stereocenters. The van der Waals surface area contributed by atoms with E-state index in [1.54, 1.807) is 17.8 Å². The Hall–Kier alpha value is -1.45. The number of aryl methyl sites for hydroxylation is 2. The van der Waals surface area contributed by atoms with Crippen LogP contribution in [0.15, 0.2) is 16.6 Å². The zero-order valence-corrected chi connectivity index (χ0v) is 11.5. The molecule has 0 spiro atoms. The molecule has 2 heterocycles. The Morgan fingerprint density at radius 2 is 2.28 bits per heavy atom. The molecule has 0 amide bonds. The van der Waals surface area contributed by atoms with Gasteiger partial charge in [0.1, 0.15) is 0 Å². The van der Waals surface area contributed by atoms with Gasteiger partial charge in [-0.1, -0.05) is 11.3 Å². The van der Waals surface area contributed by atoms with Crippen LogP contribution >= 0.6 is 11.3 Å². The van der Waals surface area contributed by atoms with Crippen LogP contribution in [0.3, 0.4) is 0 Å². The second-order valence-corrected chi connectivity index (χ2v) is 6.57. The first kappa shape index (κ1) is 13.0. The average molecular weight is 287 g/mol. The molecule has 2 rings (SSSR count). The monoisotopic (exact) mass is 287 g/mol. The molecule has 0 atom stereocenters. The van der Waals surface area contributed by atoms with Crippen molar-refractivity contribution in [1.29, 1.82) is 0 Å². The van der Waals surface area contributed by atoms with Crippen molar-refractivity contribution >= 4 is 26.5 Å². The summed E-state index contributed by atoms with van der Waals surface area (Å²) < 4.78 is 24.3. The summed E-state index contributed by atoms with van der Waals surface area (Å²) in [6.45, 7) is 2.15. The van der Waals surface area contributed by atoms with E-state index in [0.29, 0.717) is 17.4 Å². The number of thiazole rings is 1. The molecule has 0 aliphatic rings. The van der Waals surface area contributed by atoms with Crippen molar-refractivity contribution in [3.8, 4) is 0 Å². The summed E-state index contributed by atoms with van der Waals surface area (Å²) in [6, 6.07) is 0. The number of sulfonamides is 1. The summed E-state index contributed by atoms with van der Waals surface area (Å²) in [7, 11) is -1.86. The molecule has 9 heteroatoms. The van der Waals surface area contributed by atoms with Gasteiger partial charge in [0.05, 0.1) is 11.9 Å². The number of nitrogens with zero attached hydrogens (tertiary/aromatic N) is 3. The molecule has 0 bridgehead atoms. The Morgan fingerprint density at radius 1 is 1.56 bits per heavy atom. The molecule has 0 aromatic carbocycles. The van der Waals surface area contributed by atoms with Crippen LogP contribution in [0.25, 0.3) is 0 Å². The van der Waals surface area contributed by atoms with Gasteiger partial charge in [0, 0.05) is 25.4 Å². The van der Waals surface area contributed by atoms with Crippen LogP contribution < -0.4 is 10.5 Å². The Labute approximate surface area is 109 Å². The molecule has 7 nitrogen and oxygen atoms in total. The van der Waals surface area contributed by atoms with Crippen molar-refractivity contribution in [2.24, 2.45) is 12.2 Å². The van der Waals surface area contributed by atoms with Crippen LogP contribution in [0.4, 0.5) is 5.13 Å². The summed E-state index contributed by atoms with van der Waals surface area (Å²) in [5, 5.41) is 12.7. The Kier molecular flexibility index (Phi) is 3.37. The minimum absolute atomic E-state index is 0.0937. The van der Waals surface area contributed by atoms with E-state index in [9.17, 15) is 8.42 Å². The van der Waals surface area contributed by atoms with E-state index in [0.717, 1.165) is 16.9 Å². The smallest absolute Gasteiger partial charge is 0.249 e. The summed E-state index contributed by atoms with van der Waals surface area (Å²) in [5.41, 5.74) is 1.40. The van der Waals surface area contributed by atoms with E-state index in [4.69, 9.17) is 5.14 Å². The van der Waals surface area contributed by atoms with Gasteiger partial charge in [-0.15, -0.1) is 0 Å². The van der Waals surface area contributed by atoms with Crippen molar-refractivity contribution in [1.82, 2.24) is 14.8 Å². The van der Waals surface area contributed by atoms with Gasteiger partial charge in [-0.2, -0.15) is 5.10 Å². The fourth-order valence-corrected chi connectivity index (χ4v) is 3.32. The van der Waals surface area contributed by atoms with Crippen molar-refractivity contribution < 1.29 is 8.42 Å². The fourth-order valence-electron chi connectivity index (χ4n) is 1.46. The number of rotatable bonds is 4. The largest absolute Gasteiger partial charge is 0.357 e. The highest BCUT2D eigenvalue weighted by atomic mass is 32.2. The average Bonchev–Trinajstić information content (AvgIpc) is 2.81. The van der Waals surface area contributed by atoms with Gasteiger partial charge in [-0.3, -0.25) is 4.68 Å². The first-order valence-corrected chi connectivity index (χ1v) is 7.44. The van der Waals surface area contributed by atoms with Crippen molar-refractivity contribution in [2.45, 2.75) is 17.7 Å². The molecule has 2 aromatic heterocycles. The summed E-state index contributed by atoms with van der Waals surface area (Å²) in [6.07, 6.45) is 3.60. The normalized spacial score (nSPS) is 11.7. The zero-order chi connectivity index (χ0) is 13.3. The van der Waals surface area contributed by atoms with Gasteiger partial charge in [0.25, 0.3) is 0 Å². The minimum atomic E-state index is -3.69. The second-order valence-electron chi connectivity index (χ2n) is 3.81. The molecule has 18 heavy (non-hydrogen) atoms. The van der Waals surface area contributed by atoms with E-state index in [1.165, 1.54) is 0 Å². The quantitative estimate of drug-likeness (QED) is 0.849. The lowest BCUT2D eigenvalue weighted by molar-refractivity contribution is 0.599. The lowest BCUT2D eigenvalue weighted by Gasteiger charge is -1.98. The number of aromatic nitrogens is 3. The third-order valence-corrected chi connectivity index (χ3v) is 4.88. The summed E-state index contributed by atoms with van der Waals surface area (Å²) in [5.74, 6) is 0. The number of hydrogen-bond acceptors (Lipinski definition) is 6. The maximum absolute atomic E-state index is 11.3. The second kappa shape index (κ2) is 4.67. The van der Waals surface area contributed by atoms with Crippen molar-refractivity contribution in [3.63, 3.8) is 0 Å². The lowest BCUT2D eigenvalue weighted by Crippen LogP contribution is -2.11. The number of nitrogens with two attached hydrogens (primary N) is 1. The fraction of sp³-hybridized carbons (Fsp3) is 0.333. The molecule has 0 saturated carbocycles. The van der Waals surface area contributed by atoms with Crippen LogP contribution in [0.5, 0.6) is 0 Å². The maximum atomic E-state index is 11.3. The van der Waals surface area contributed by atoms with E-state index >= 15 is 0 Å². The Bertz CT molecular complexity index is 658. The molecule has 0 aliphatic carbocycles. The predicted molar refractivity (Wildman–Crippen MR) is 68.8 cm³/mol. The maximum Gasteiger partial charge on any atom is 0.249 e. The SMILES string of the molecule is Cc1nc(NCc2cnn(C)c2)sc1S(N)(=O)=O. The molecule has 2 aromatic rings. The molecule has 0 fully saturated rings. The zero-order valence-electron chi connectivity index (χ0n) is 9.91. The molecule has 0 aliphatic heterocycles. The Morgan fingerprint density at radius 3 is 2.78 bits per heavy atom. The lowest BCUT2D eigenvalue weighted by atomic mass is 10.4. The van der Waals surface area contributed by atoms with E-state index in [-0.39, 0.29) is 4.21 Å². The first-order chi connectivity index (χ1) is 8.36. The van der Waals surface area contributed by atoms with Crippen molar-refractivity contribution in [3.05, 3.63) is 23.7 Å². The van der Waals surface area contributed by atoms with Gasteiger partial charge in [-0.25, -0.2) is 18.5 Å². The molecule has 0 radical (unpaired) electrons. The number of hydrogen-bond donors (Lipinski definition) is 2. The van der Waals surface area contributed by atoms with Gasteiger partial charge in [0.15, 0.2) is 9.34 Å². The van der Waals surface area contributed by atoms with Gasteiger partial charge >= 0.3 is 0 Å². The summed E-state index contributed by atoms with van der Waals surface area (Å²) in [4.78, 5) is 4.12. The predicted octanol–water partition coefficient (Wildman–Crippen LogP) is 0.445. The van der Waals surface area contributed by atoms with Crippen LogP contribution in [0.1, 0.15) is 11.3 Å². The summed E-state index contributed by atoms with van der Waals surface area (Å²) >= 11 is 1.03. The topological polar surface area (TPSA) is 103 Å². The highest BCUT2D eigenvalue weighted by molar-refractivity contribution is 7.91. The van der Waals surface area contributed by atoms with Crippen LogP contribution in [-0.2, 0) is 23.6 Å². The number of primary sulfonamides is 1. The Balaban J connectivity index is 2.11.